The van der Waals surface area contributed by atoms with Gasteiger partial charge in [-0.3, -0.25) is 0 Å². The average Bonchev–Trinajstić information content (AvgIpc) is 2.27. The summed E-state index contributed by atoms with van der Waals surface area (Å²) in [5.74, 6) is 0. The molecule has 0 saturated carbocycles. The van der Waals surface area contributed by atoms with Crippen molar-refractivity contribution >= 4 is 29.3 Å². The second-order valence-electron chi connectivity index (χ2n) is 2.82. The third-order valence-corrected chi connectivity index (χ3v) is 2.26. The van der Waals surface area contributed by atoms with Gasteiger partial charge in [0.05, 0.1) is 0 Å². The van der Waals surface area contributed by atoms with Crippen LogP contribution < -0.4 is 4.72 Å². The van der Waals surface area contributed by atoms with Crippen LogP contribution >= 0.6 is 12.8 Å². The van der Waals surface area contributed by atoms with Gasteiger partial charge >= 0.3 is 0 Å². The third-order valence-electron chi connectivity index (χ3n) is 2.00. The Hall–Kier alpha value is -1.73. The van der Waals surface area contributed by atoms with Gasteiger partial charge in [-0.05, 0) is 29.7 Å². The van der Waals surface area contributed by atoms with Crippen molar-refractivity contribution in [2.45, 2.75) is 0 Å². The highest BCUT2D eigenvalue weighted by Crippen LogP contribution is 2.20. The molecule has 14 heavy (non-hydrogen) atoms. The van der Waals surface area contributed by atoms with E-state index in [9.17, 15) is 0 Å². The predicted molar refractivity (Wildman–Crippen MR) is 59.1 cm³/mol. The fourth-order valence-electron chi connectivity index (χ4n) is 1.34. The first-order valence-corrected chi connectivity index (χ1v) is 4.49. The SMILES string of the molecule is N#Cc1nccc2cc(NS)ccc12. The Morgan fingerprint density at radius 1 is 1.36 bits per heavy atom. The summed E-state index contributed by atoms with van der Waals surface area (Å²) in [6, 6.07) is 9.56. The molecule has 2 rings (SSSR count). The summed E-state index contributed by atoms with van der Waals surface area (Å²) in [6.45, 7) is 0. The summed E-state index contributed by atoms with van der Waals surface area (Å²) in [5.41, 5.74) is 1.35. The van der Waals surface area contributed by atoms with E-state index in [0.717, 1.165) is 16.5 Å². The Morgan fingerprint density at radius 3 is 2.93 bits per heavy atom. The van der Waals surface area contributed by atoms with Gasteiger partial charge in [-0.2, -0.15) is 5.26 Å². The molecule has 0 unspecified atom stereocenters. The first kappa shape index (κ1) is 8.85. The van der Waals surface area contributed by atoms with Gasteiger partial charge in [0.15, 0.2) is 0 Å². The molecule has 0 amide bonds. The summed E-state index contributed by atoms with van der Waals surface area (Å²) < 4.78 is 2.75. The van der Waals surface area contributed by atoms with Crippen LogP contribution in [0.4, 0.5) is 5.69 Å². The molecule has 4 heteroatoms. The number of nitrogens with zero attached hydrogens (tertiary/aromatic N) is 2. The molecule has 68 valence electrons. The molecule has 2 aromatic rings. The fraction of sp³-hybridized carbons (Fsp3) is 0. The maximum Gasteiger partial charge on any atom is 0.148 e. The summed E-state index contributed by atoms with van der Waals surface area (Å²) in [6.07, 6.45) is 1.63. The summed E-state index contributed by atoms with van der Waals surface area (Å²) in [4.78, 5) is 3.98. The Labute approximate surface area is 86.9 Å². The molecule has 0 fully saturated rings. The van der Waals surface area contributed by atoms with E-state index in [0.29, 0.717) is 5.69 Å². The first-order valence-electron chi connectivity index (χ1n) is 4.04. The maximum absolute atomic E-state index is 8.82. The Morgan fingerprint density at radius 2 is 2.21 bits per heavy atom. The van der Waals surface area contributed by atoms with Crippen LogP contribution in [-0.4, -0.2) is 4.98 Å². The van der Waals surface area contributed by atoms with Gasteiger partial charge in [-0.1, -0.05) is 12.8 Å². The Kier molecular flexibility index (Phi) is 2.25. The lowest BCUT2D eigenvalue weighted by Gasteiger charge is -2.02. The van der Waals surface area contributed by atoms with Gasteiger partial charge in [0, 0.05) is 17.3 Å². The largest absolute Gasteiger partial charge is 0.332 e. The number of benzene rings is 1. The van der Waals surface area contributed by atoms with Gasteiger partial charge in [-0.25, -0.2) is 4.98 Å². The summed E-state index contributed by atoms with van der Waals surface area (Å²) in [7, 11) is 0. The van der Waals surface area contributed by atoms with Gasteiger partial charge in [-0.15, -0.1) is 0 Å². The molecule has 1 heterocycles. The predicted octanol–water partition coefficient (Wildman–Crippen LogP) is 2.36. The molecule has 0 saturated heterocycles. The van der Waals surface area contributed by atoms with Gasteiger partial charge in [0.25, 0.3) is 0 Å². The highest BCUT2D eigenvalue weighted by atomic mass is 32.1. The monoisotopic (exact) mass is 201 g/mol. The molecule has 1 N–H and O–H groups in total. The molecule has 0 spiro atoms. The Balaban J connectivity index is 2.75. The molecule has 0 aliphatic carbocycles. The highest BCUT2D eigenvalue weighted by Gasteiger charge is 2.01. The molecule has 0 aliphatic rings. The van der Waals surface area contributed by atoms with Crippen LogP contribution in [0.1, 0.15) is 5.69 Å². The van der Waals surface area contributed by atoms with Crippen molar-refractivity contribution in [2.75, 3.05) is 4.72 Å². The number of fused-ring (bicyclic) bond motifs is 1. The van der Waals surface area contributed by atoms with Crippen molar-refractivity contribution in [1.82, 2.24) is 4.98 Å². The lowest BCUT2D eigenvalue weighted by molar-refractivity contribution is 1.30. The van der Waals surface area contributed by atoms with Crippen LogP contribution in [-0.2, 0) is 0 Å². The first-order chi connectivity index (χ1) is 6.85. The lowest BCUT2D eigenvalue weighted by atomic mass is 10.1. The molecule has 0 bridgehead atoms. The molecule has 1 aromatic carbocycles. The zero-order valence-electron chi connectivity index (χ0n) is 7.23. The number of nitriles is 1. The fourth-order valence-corrected chi connectivity index (χ4v) is 1.48. The van der Waals surface area contributed by atoms with Crippen molar-refractivity contribution in [1.29, 1.82) is 5.26 Å². The minimum Gasteiger partial charge on any atom is -0.332 e. The normalized spacial score (nSPS) is 9.71. The maximum atomic E-state index is 8.82. The van der Waals surface area contributed by atoms with E-state index in [4.69, 9.17) is 5.26 Å². The summed E-state index contributed by atoms with van der Waals surface area (Å²) >= 11 is 3.95. The number of thiol groups is 1. The summed E-state index contributed by atoms with van der Waals surface area (Å²) in [5, 5.41) is 10.7. The number of rotatable bonds is 1. The van der Waals surface area contributed by atoms with Crippen LogP contribution in [0, 0.1) is 11.3 Å². The molecule has 0 radical (unpaired) electrons. The molecule has 0 atom stereocenters. The van der Waals surface area contributed by atoms with E-state index in [1.165, 1.54) is 0 Å². The van der Waals surface area contributed by atoms with Crippen molar-refractivity contribution in [3.63, 3.8) is 0 Å². The van der Waals surface area contributed by atoms with Crippen LogP contribution in [0.2, 0.25) is 0 Å². The van der Waals surface area contributed by atoms with E-state index in [1.54, 1.807) is 6.20 Å². The van der Waals surface area contributed by atoms with Crippen LogP contribution in [0.3, 0.4) is 0 Å². The quantitative estimate of drug-likeness (QED) is 0.696. The zero-order chi connectivity index (χ0) is 9.97. The van der Waals surface area contributed by atoms with Crippen molar-refractivity contribution in [3.8, 4) is 6.07 Å². The van der Waals surface area contributed by atoms with Crippen molar-refractivity contribution < 1.29 is 0 Å². The standard InChI is InChI=1S/C10H7N3S/c11-6-10-9-2-1-8(13-14)5-7(9)3-4-12-10/h1-5,13-14H. The van der Waals surface area contributed by atoms with Crippen molar-refractivity contribution in [2.24, 2.45) is 0 Å². The number of nitrogens with one attached hydrogen (secondary N) is 1. The second-order valence-corrected chi connectivity index (χ2v) is 3.04. The Bertz CT molecular complexity index is 516. The van der Waals surface area contributed by atoms with Crippen LogP contribution in [0.25, 0.3) is 10.8 Å². The molecule has 1 aromatic heterocycles. The minimum absolute atomic E-state index is 0.452. The van der Waals surface area contributed by atoms with Gasteiger partial charge in [0.1, 0.15) is 11.8 Å². The molecular formula is C10H7N3S. The van der Waals surface area contributed by atoms with E-state index < -0.39 is 0 Å². The molecule has 0 aliphatic heterocycles. The van der Waals surface area contributed by atoms with E-state index in [1.807, 2.05) is 24.3 Å². The second kappa shape index (κ2) is 3.56. The number of hydrogen-bond acceptors (Lipinski definition) is 4. The number of aromatic nitrogens is 1. The average molecular weight is 201 g/mol. The number of hydrogen-bond donors (Lipinski definition) is 2. The van der Waals surface area contributed by atoms with E-state index in [2.05, 4.69) is 28.6 Å². The van der Waals surface area contributed by atoms with Gasteiger partial charge in [0.2, 0.25) is 0 Å². The van der Waals surface area contributed by atoms with Gasteiger partial charge < -0.3 is 4.72 Å². The van der Waals surface area contributed by atoms with Crippen molar-refractivity contribution in [3.05, 3.63) is 36.2 Å². The minimum atomic E-state index is 0.452. The highest BCUT2D eigenvalue weighted by molar-refractivity contribution is 7.81. The molecule has 3 nitrogen and oxygen atoms in total. The zero-order valence-corrected chi connectivity index (χ0v) is 8.12. The smallest absolute Gasteiger partial charge is 0.148 e. The number of pyridine rings is 1. The van der Waals surface area contributed by atoms with E-state index in [-0.39, 0.29) is 0 Å². The third kappa shape index (κ3) is 1.38. The van der Waals surface area contributed by atoms with E-state index >= 15 is 0 Å². The number of anilines is 1. The van der Waals surface area contributed by atoms with Crippen LogP contribution in [0.15, 0.2) is 30.5 Å². The van der Waals surface area contributed by atoms with Crippen LogP contribution in [0.5, 0.6) is 0 Å². The topological polar surface area (TPSA) is 48.7 Å². The molecular weight excluding hydrogens is 194 g/mol. The lowest BCUT2D eigenvalue weighted by Crippen LogP contribution is -1.86.